The maximum absolute atomic E-state index is 5.76. The first kappa shape index (κ1) is 23.6. The van der Waals surface area contributed by atoms with Gasteiger partial charge in [0.25, 0.3) is 0 Å². The summed E-state index contributed by atoms with van der Waals surface area (Å²) in [5.74, 6) is 0.197. The first-order valence-corrected chi connectivity index (χ1v) is 14.7. The Morgan fingerprint density at radius 2 is 1.19 bits per heavy atom. The van der Waals surface area contributed by atoms with E-state index in [0.29, 0.717) is 0 Å². The second-order valence-corrected chi connectivity index (χ2v) is 11.8. The molecule has 0 aliphatic heterocycles. The van der Waals surface area contributed by atoms with Crippen molar-refractivity contribution in [1.29, 1.82) is 0 Å². The van der Waals surface area contributed by atoms with E-state index in [4.69, 9.17) is 9.97 Å². The molecule has 0 saturated carbocycles. The zero-order valence-electron chi connectivity index (χ0n) is 23.6. The summed E-state index contributed by atoms with van der Waals surface area (Å²) in [6.45, 7) is 4.47. The Bertz CT molecular complexity index is 2180. The summed E-state index contributed by atoms with van der Waals surface area (Å²) < 4.78 is 0. The summed E-state index contributed by atoms with van der Waals surface area (Å²) in [6.07, 6.45) is 0. The molecule has 0 saturated heterocycles. The summed E-state index contributed by atoms with van der Waals surface area (Å²) >= 11 is 0. The highest BCUT2D eigenvalue weighted by Crippen LogP contribution is 2.62. The van der Waals surface area contributed by atoms with E-state index in [2.05, 4.69) is 141 Å². The molecule has 2 heteroatoms. The van der Waals surface area contributed by atoms with Crippen LogP contribution in [0.25, 0.3) is 33.1 Å². The molecule has 2 nitrogen and oxygen atoms in total. The molecule has 0 radical (unpaired) electrons. The third-order valence-electron chi connectivity index (χ3n) is 9.69. The first-order chi connectivity index (χ1) is 20.7. The quantitative estimate of drug-likeness (QED) is 0.206. The van der Waals surface area contributed by atoms with Crippen LogP contribution in [0.3, 0.4) is 0 Å². The predicted molar refractivity (Wildman–Crippen MR) is 171 cm³/mol. The van der Waals surface area contributed by atoms with Gasteiger partial charge in [0.2, 0.25) is 0 Å². The normalized spacial score (nSPS) is 18.1. The van der Waals surface area contributed by atoms with Crippen molar-refractivity contribution in [3.8, 4) is 11.3 Å². The average Bonchev–Trinajstić information content (AvgIpc) is 3.05. The Kier molecular flexibility index (Phi) is 4.76. The van der Waals surface area contributed by atoms with E-state index < -0.39 is 5.41 Å². The molecule has 42 heavy (non-hydrogen) atoms. The summed E-state index contributed by atoms with van der Waals surface area (Å²) in [4.78, 5) is 11.2. The van der Waals surface area contributed by atoms with Crippen molar-refractivity contribution in [2.45, 2.75) is 25.2 Å². The van der Waals surface area contributed by atoms with Crippen LogP contribution in [0, 0.1) is 13.8 Å². The van der Waals surface area contributed by atoms with Gasteiger partial charge in [-0.15, -0.1) is 0 Å². The largest absolute Gasteiger partial charge is 0.247 e. The van der Waals surface area contributed by atoms with Gasteiger partial charge in [0.05, 0.1) is 27.8 Å². The lowest BCUT2D eigenvalue weighted by molar-refractivity contribution is 0.613. The molecule has 0 N–H and O–H groups in total. The van der Waals surface area contributed by atoms with Gasteiger partial charge in [-0.1, -0.05) is 121 Å². The van der Waals surface area contributed by atoms with Crippen LogP contribution in [-0.2, 0) is 5.41 Å². The molecule has 0 atom stereocenters. The number of hydrogen-bond donors (Lipinski definition) is 0. The van der Waals surface area contributed by atoms with Gasteiger partial charge in [-0.25, -0.2) is 9.97 Å². The van der Waals surface area contributed by atoms with Crippen molar-refractivity contribution in [2.24, 2.45) is 0 Å². The van der Waals surface area contributed by atoms with Crippen LogP contribution in [0.15, 0.2) is 127 Å². The number of aromatic nitrogens is 2. The number of aryl methyl sites for hydroxylation is 2. The van der Waals surface area contributed by atoms with Crippen LogP contribution in [-0.4, -0.2) is 9.97 Å². The molecular formula is C40H28N2. The summed E-state index contributed by atoms with van der Waals surface area (Å²) in [7, 11) is 0. The molecule has 0 unspecified atom stereocenters. The van der Waals surface area contributed by atoms with Crippen molar-refractivity contribution in [2.75, 3.05) is 0 Å². The number of rotatable bonds is 2. The van der Waals surface area contributed by atoms with Crippen LogP contribution in [0.4, 0.5) is 0 Å². The number of fused-ring (bicyclic) bond motifs is 3. The van der Waals surface area contributed by atoms with Crippen molar-refractivity contribution in [1.82, 2.24) is 9.97 Å². The summed E-state index contributed by atoms with van der Waals surface area (Å²) in [6, 6.07) is 46.4. The molecule has 6 aromatic carbocycles. The van der Waals surface area contributed by atoms with E-state index in [-0.39, 0.29) is 5.92 Å². The molecule has 0 fully saturated rings. The van der Waals surface area contributed by atoms with Crippen molar-refractivity contribution in [3.05, 3.63) is 178 Å². The fourth-order valence-electron chi connectivity index (χ4n) is 7.75. The second-order valence-electron chi connectivity index (χ2n) is 11.8. The average molecular weight is 537 g/mol. The molecule has 0 amide bonds. The van der Waals surface area contributed by atoms with E-state index in [1.54, 1.807) is 0 Å². The van der Waals surface area contributed by atoms with E-state index in [1.807, 2.05) is 0 Å². The summed E-state index contributed by atoms with van der Waals surface area (Å²) in [5, 5.41) is 2.31. The lowest BCUT2D eigenvalue weighted by atomic mass is 9.51. The maximum Gasteiger partial charge on any atom is 0.0969 e. The van der Waals surface area contributed by atoms with Gasteiger partial charge in [-0.2, -0.15) is 0 Å². The first-order valence-electron chi connectivity index (χ1n) is 14.7. The zero-order chi connectivity index (χ0) is 28.0. The monoisotopic (exact) mass is 536 g/mol. The van der Waals surface area contributed by atoms with Crippen molar-refractivity contribution < 1.29 is 0 Å². The minimum Gasteiger partial charge on any atom is -0.247 e. The third-order valence-corrected chi connectivity index (χ3v) is 9.69. The molecule has 1 aromatic heterocycles. The standard InChI is InChI=1S/C40H28N2/c1-24-22-31-34(23-25(24)2)40(32-18-10-8-16-29(32)36(31)30-17-9-11-19-33(30)40)39-37(27-13-4-3-5-14-27)41-35-21-20-26-12-6-7-15-28(26)38(35)42-39/h3-23,36H,1-2H3. The van der Waals surface area contributed by atoms with Crippen molar-refractivity contribution in [3.63, 3.8) is 0 Å². The molecule has 7 aromatic rings. The molecule has 3 aliphatic rings. The minimum absolute atomic E-state index is 0.197. The van der Waals surface area contributed by atoms with Gasteiger partial charge in [0, 0.05) is 16.9 Å². The highest BCUT2D eigenvalue weighted by Gasteiger charge is 2.54. The number of hydrogen-bond acceptors (Lipinski definition) is 2. The Morgan fingerprint density at radius 1 is 0.548 bits per heavy atom. The fourth-order valence-corrected chi connectivity index (χ4v) is 7.75. The Morgan fingerprint density at radius 3 is 1.95 bits per heavy atom. The van der Waals surface area contributed by atoms with Gasteiger partial charge in [-0.05, 0) is 69.8 Å². The molecule has 0 spiro atoms. The minimum atomic E-state index is -0.612. The van der Waals surface area contributed by atoms with Gasteiger partial charge in [0.15, 0.2) is 0 Å². The van der Waals surface area contributed by atoms with E-state index >= 15 is 0 Å². The van der Waals surface area contributed by atoms with Crippen LogP contribution >= 0.6 is 0 Å². The maximum atomic E-state index is 5.76. The van der Waals surface area contributed by atoms with Gasteiger partial charge < -0.3 is 0 Å². The molecular weight excluding hydrogens is 508 g/mol. The SMILES string of the molecule is Cc1cc2c(cc1C)C1(c3nc4c(ccc5ccccc54)nc3-c3ccccc3)c3ccccc3C2c2ccccc21. The van der Waals surface area contributed by atoms with Crippen LogP contribution in [0.2, 0.25) is 0 Å². The van der Waals surface area contributed by atoms with E-state index in [1.165, 1.54) is 49.9 Å². The highest BCUT2D eigenvalue weighted by atomic mass is 14.9. The lowest BCUT2D eigenvalue weighted by Crippen LogP contribution is -2.44. The molecule has 3 aliphatic carbocycles. The van der Waals surface area contributed by atoms with Crippen LogP contribution < -0.4 is 0 Å². The number of nitrogens with zero attached hydrogens (tertiary/aromatic N) is 2. The highest BCUT2D eigenvalue weighted by molar-refractivity contribution is 6.04. The summed E-state index contributed by atoms with van der Waals surface area (Å²) in [5.41, 5.74) is 15.0. The van der Waals surface area contributed by atoms with E-state index in [9.17, 15) is 0 Å². The zero-order valence-corrected chi connectivity index (χ0v) is 23.6. The second kappa shape index (κ2) is 8.47. The Labute approximate surface area is 245 Å². The van der Waals surface area contributed by atoms with E-state index in [0.717, 1.165) is 33.4 Å². The van der Waals surface area contributed by atoms with Gasteiger partial charge >= 0.3 is 0 Å². The van der Waals surface area contributed by atoms with Gasteiger partial charge in [0.1, 0.15) is 0 Å². The molecule has 1 heterocycles. The Balaban J connectivity index is 1.54. The van der Waals surface area contributed by atoms with Crippen LogP contribution in [0.5, 0.6) is 0 Å². The van der Waals surface area contributed by atoms with Crippen molar-refractivity contribution >= 4 is 21.8 Å². The Hall–Kier alpha value is -5.08. The fraction of sp³-hybridized carbons (Fsp3) is 0.100. The third kappa shape index (κ3) is 2.94. The van der Waals surface area contributed by atoms with Gasteiger partial charge in [-0.3, -0.25) is 0 Å². The predicted octanol–water partition coefficient (Wildman–Crippen LogP) is 9.26. The molecule has 2 bridgehead atoms. The lowest BCUT2D eigenvalue weighted by Gasteiger charge is -2.51. The number of benzene rings is 6. The topological polar surface area (TPSA) is 25.8 Å². The molecule has 198 valence electrons. The molecule has 10 rings (SSSR count). The smallest absolute Gasteiger partial charge is 0.0969 e. The van der Waals surface area contributed by atoms with Crippen LogP contribution in [0.1, 0.15) is 56.1 Å².